The second-order valence-corrected chi connectivity index (χ2v) is 4.12. The van der Waals surface area contributed by atoms with Crippen molar-refractivity contribution in [1.82, 2.24) is 9.97 Å². The molecule has 0 saturated heterocycles. The number of amides is 1. The lowest BCUT2D eigenvalue weighted by Gasteiger charge is -1.99. The minimum absolute atomic E-state index is 0.114. The summed E-state index contributed by atoms with van der Waals surface area (Å²) in [5.41, 5.74) is 2.96. The average molecular weight is 253 g/mol. The van der Waals surface area contributed by atoms with Crippen LogP contribution in [-0.4, -0.2) is 15.9 Å². The molecule has 5 heteroatoms. The smallest absolute Gasteiger partial charge is 0.227 e. The lowest BCUT2D eigenvalue weighted by Crippen LogP contribution is -2.05. The third-order valence-corrected chi connectivity index (χ3v) is 2.64. The number of hydrogen-bond acceptors (Lipinski definition) is 4. The highest BCUT2D eigenvalue weighted by atomic mass is 16.3. The molecular weight excluding hydrogens is 242 g/mol. The summed E-state index contributed by atoms with van der Waals surface area (Å²) in [6.45, 7) is 1.47. The van der Waals surface area contributed by atoms with Crippen molar-refractivity contribution < 1.29 is 9.21 Å². The van der Waals surface area contributed by atoms with E-state index in [9.17, 15) is 4.79 Å². The summed E-state index contributed by atoms with van der Waals surface area (Å²) in [5.74, 6) is 0.426. The van der Waals surface area contributed by atoms with Crippen LogP contribution in [0, 0.1) is 0 Å². The van der Waals surface area contributed by atoms with Gasteiger partial charge in [0.05, 0.1) is 0 Å². The molecule has 3 aromatic rings. The van der Waals surface area contributed by atoms with E-state index < -0.39 is 0 Å². The van der Waals surface area contributed by atoms with Gasteiger partial charge in [0, 0.05) is 30.6 Å². The highest BCUT2D eigenvalue weighted by molar-refractivity contribution is 5.91. The molecule has 0 aliphatic carbocycles. The summed E-state index contributed by atoms with van der Waals surface area (Å²) >= 11 is 0. The van der Waals surface area contributed by atoms with Gasteiger partial charge in [0.1, 0.15) is 5.52 Å². The van der Waals surface area contributed by atoms with E-state index in [0.717, 1.165) is 5.56 Å². The van der Waals surface area contributed by atoms with Crippen LogP contribution in [0.5, 0.6) is 0 Å². The number of carbonyl (C=O) groups is 1. The van der Waals surface area contributed by atoms with Gasteiger partial charge in [-0.25, -0.2) is 4.98 Å². The van der Waals surface area contributed by atoms with Crippen molar-refractivity contribution in [2.75, 3.05) is 5.32 Å². The van der Waals surface area contributed by atoms with E-state index in [1.165, 1.54) is 6.92 Å². The Kier molecular flexibility index (Phi) is 2.72. The minimum Gasteiger partial charge on any atom is -0.436 e. The van der Waals surface area contributed by atoms with Crippen molar-refractivity contribution in [3.63, 3.8) is 0 Å². The number of nitrogens with zero attached hydrogens (tertiary/aromatic N) is 2. The van der Waals surface area contributed by atoms with Crippen LogP contribution in [0.15, 0.2) is 47.1 Å². The van der Waals surface area contributed by atoms with Crippen LogP contribution in [0.25, 0.3) is 22.6 Å². The summed E-state index contributed by atoms with van der Waals surface area (Å²) in [4.78, 5) is 19.4. The molecule has 3 rings (SSSR count). The molecule has 2 heterocycles. The zero-order chi connectivity index (χ0) is 13.2. The maximum atomic E-state index is 11.0. The molecule has 1 aromatic carbocycles. The maximum Gasteiger partial charge on any atom is 0.227 e. The molecule has 94 valence electrons. The second kappa shape index (κ2) is 4.53. The van der Waals surface area contributed by atoms with E-state index in [0.29, 0.717) is 22.7 Å². The molecule has 0 saturated carbocycles. The first-order chi connectivity index (χ1) is 9.22. The largest absolute Gasteiger partial charge is 0.436 e. The zero-order valence-electron chi connectivity index (χ0n) is 10.3. The molecule has 5 nitrogen and oxygen atoms in total. The Bertz CT molecular complexity index is 735. The average Bonchev–Trinajstić information content (AvgIpc) is 2.82. The molecule has 0 aliphatic heterocycles. The zero-order valence-corrected chi connectivity index (χ0v) is 10.3. The molecule has 2 aromatic heterocycles. The van der Waals surface area contributed by atoms with Gasteiger partial charge in [0.15, 0.2) is 5.58 Å². The molecular formula is C14H11N3O2. The van der Waals surface area contributed by atoms with Crippen LogP contribution >= 0.6 is 0 Å². The molecule has 0 radical (unpaired) electrons. The first-order valence-corrected chi connectivity index (χ1v) is 5.81. The number of pyridine rings is 1. The number of nitrogens with one attached hydrogen (secondary N) is 1. The maximum absolute atomic E-state index is 11.0. The Hall–Kier alpha value is -2.69. The molecule has 0 spiro atoms. The van der Waals surface area contributed by atoms with Crippen molar-refractivity contribution >= 4 is 22.7 Å². The SMILES string of the molecule is CC(=O)Nc1ccc2oc(-c3ccncc3)nc2c1. The Labute approximate surface area is 109 Å². The van der Waals surface area contributed by atoms with Crippen molar-refractivity contribution in [2.45, 2.75) is 6.92 Å². The van der Waals surface area contributed by atoms with E-state index in [1.807, 2.05) is 12.1 Å². The Morgan fingerprint density at radius 2 is 2.00 bits per heavy atom. The molecule has 19 heavy (non-hydrogen) atoms. The minimum atomic E-state index is -0.114. The molecule has 0 atom stereocenters. The van der Waals surface area contributed by atoms with E-state index in [4.69, 9.17) is 4.42 Å². The van der Waals surface area contributed by atoms with Crippen LogP contribution in [0.3, 0.4) is 0 Å². The number of hydrogen-bond donors (Lipinski definition) is 1. The van der Waals surface area contributed by atoms with Crippen LogP contribution in [0.1, 0.15) is 6.92 Å². The number of fused-ring (bicyclic) bond motifs is 1. The number of anilines is 1. The van der Waals surface area contributed by atoms with Gasteiger partial charge < -0.3 is 9.73 Å². The van der Waals surface area contributed by atoms with Crippen molar-refractivity contribution in [1.29, 1.82) is 0 Å². The summed E-state index contributed by atoms with van der Waals surface area (Å²) in [5, 5.41) is 2.72. The fourth-order valence-corrected chi connectivity index (χ4v) is 1.83. The standard InChI is InChI=1S/C14H11N3O2/c1-9(18)16-11-2-3-13-12(8-11)17-14(19-13)10-4-6-15-7-5-10/h2-8H,1H3,(H,16,18). The van der Waals surface area contributed by atoms with E-state index >= 15 is 0 Å². The normalized spacial score (nSPS) is 10.6. The molecule has 0 aliphatic rings. The van der Waals surface area contributed by atoms with Gasteiger partial charge >= 0.3 is 0 Å². The van der Waals surface area contributed by atoms with Gasteiger partial charge in [-0.1, -0.05) is 0 Å². The molecule has 0 unspecified atom stereocenters. The monoisotopic (exact) mass is 253 g/mol. The van der Waals surface area contributed by atoms with Crippen LogP contribution in [-0.2, 0) is 4.79 Å². The van der Waals surface area contributed by atoms with Crippen LogP contribution < -0.4 is 5.32 Å². The number of carbonyl (C=O) groups excluding carboxylic acids is 1. The predicted molar refractivity (Wildman–Crippen MR) is 71.5 cm³/mol. The second-order valence-electron chi connectivity index (χ2n) is 4.12. The lowest BCUT2D eigenvalue weighted by molar-refractivity contribution is -0.114. The van der Waals surface area contributed by atoms with E-state index in [2.05, 4.69) is 15.3 Å². The van der Waals surface area contributed by atoms with Crippen LogP contribution in [0.4, 0.5) is 5.69 Å². The van der Waals surface area contributed by atoms with E-state index in [-0.39, 0.29) is 5.91 Å². The summed E-state index contributed by atoms with van der Waals surface area (Å²) in [6, 6.07) is 9.02. The lowest BCUT2D eigenvalue weighted by atomic mass is 10.3. The van der Waals surface area contributed by atoms with Gasteiger partial charge in [-0.15, -0.1) is 0 Å². The number of rotatable bonds is 2. The Balaban J connectivity index is 2.04. The number of benzene rings is 1. The van der Waals surface area contributed by atoms with Crippen molar-refractivity contribution in [3.8, 4) is 11.5 Å². The molecule has 0 fully saturated rings. The van der Waals surface area contributed by atoms with Crippen molar-refractivity contribution in [2.24, 2.45) is 0 Å². The van der Waals surface area contributed by atoms with Gasteiger partial charge in [-0.2, -0.15) is 0 Å². The van der Waals surface area contributed by atoms with Gasteiger partial charge in [0.2, 0.25) is 11.8 Å². The highest BCUT2D eigenvalue weighted by Crippen LogP contribution is 2.25. The topological polar surface area (TPSA) is 68.0 Å². The number of aromatic nitrogens is 2. The summed E-state index contributed by atoms with van der Waals surface area (Å²) in [6.07, 6.45) is 3.37. The van der Waals surface area contributed by atoms with Gasteiger partial charge in [-0.3, -0.25) is 9.78 Å². The fraction of sp³-hybridized carbons (Fsp3) is 0.0714. The van der Waals surface area contributed by atoms with Crippen LogP contribution in [0.2, 0.25) is 0 Å². The highest BCUT2D eigenvalue weighted by Gasteiger charge is 2.08. The van der Waals surface area contributed by atoms with Gasteiger partial charge in [0.25, 0.3) is 0 Å². The number of oxazole rings is 1. The van der Waals surface area contributed by atoms with Crippen molar-refractivity contribution in [3.05, 3.63) is 42.7 Å². The summed E-state index contributed by atoms with van der Waals surface area (Å²) in [7, 11) is 0. The quantitative estimate of drug-likeness (QED) is 0.762. The first kappa shape index (κ1) is 11.4. The molecule has 1 N–H and O–H groups in total. The molecule has 1 amide bonds. The summed E-state index contributed by atoms with van der Waals surface area (Å²) < 4.78 is 5.66. The molecule has 0 bridgehead atoms. The third kappa shape index (κ3) is 2.30. The Morgan fingerprint density at radius 1 is 1.21 bits per heavy atom. The fourth-order valence-electron chi connectivity index (χ4n) is 1.83. The Morgan fingerprint density at radius 3 is 2.74 bits per heavy atom. The first-order valence-electron chi connectivity index (χ1n) is 5.81. The third-order valence-electron chi connectivity index (χ3n) is 2.64. The van der Waals surface area contributed by atoms with Gasteiger partial charge in [-0.05, 0) is 30.3 Å². The predicted octanol–water partition coefficient (Wildman–Crippen LogP) is 2.85. The van der Waals surface area contributed by atoms with E-state index in [1.54, 1.807) is 30.6 Å².